The zero-order valence-corrected chi connectivity index (χ0v) is 16.3. The number of oxazole rings is 1. The molecule has 4 rings (SSSR count). The van der Waals surface area contributed by atoms with E-state index >= 15 is 0 Å². The molecule has 2 heterocycles. The van der Waals surface area contributed by atoms with Gasteiger partial charge in [-0.2, -0.15) is 0 Å². The molecule has 1 atom stereocenters. The lowest BCUT2D eigenvalue weighted by molar-refractivity contribution is 0.0396. The number of nitrogens with zero attached hydrogens (tertiary/aromatic N) is 2. The molecule has 6 heteroatoms. The molecular weight excluding hydrogens is 340 g/mol. The summed E-state index contributed by atoms with van der Waals surface area (Å²) in [6, 6.07) is 8.51. The summed E-state index contributed by atoms with van der Waals surface area (Å²) in [5.74, 6) is 3.28. The number of aliphatic imine (C=N–C) groups is 1. The summed E-state index contributed by atoms with van der Waals surface area (Å²) < 4.78 is 12.1. The van der Waals surface area contributed by atoms with E-state index in [1.165, 1.54) is 18.4 Å². The Balaban J connectivity index is 1.49. The first-order valence-corrected chi connectivity index (χ1v) is 9.77. The Bertz CT molecular complexity index is 817. The Labute approximate surface area is 160 Å². The molecular formula is C21H28N4O2. The van der Waals surface area contributed by atoms with Crippen LogP contribution in [0.4, 0.5) is 0 Å². The fourth-order valence-electron chi connectivity index (χ4n) is 4.21. The van der Waals surface area contributed by atoms with Crippen LogP contribution in [0.3, 0.4) is 0 Å². The van der Waals surface area contributed by atoms with Crippen LogP contribution in [0, 0.1) is 13.8 Å². The van der Waals surface area contributed by atoms with Crippen molar-refractivity contribution in [2.24, 2.45) is 4.99 Å². The monoisotopic (exact) mass is 368 g/mol. The molecule has 2 aromatic rings. The van der Waals surface area contributed by atoms with Crippen molar-refractivity contribution in [3.05, 3.63) is 47.2 Å². The maximum atomic E-state index is 6.45. The lowest BCUT2D eigenvalue weighted by Crippen LogP contribution is -2.46. The minimum absolute atomic E-state index is 0.0400. The Hall–Kier alpha value is -2.50. The number of guanidine groups is 1. The number of aromatic nitrogens is 1. The van der Waals surface area contributed by atoms with Gasteiger partial charge in [0.15, 0.2) is 5.96 Å². The average Bonchev–Trinajstić information content (AvgIpc) is 3.24. The van der Waals surface area contributed by atoms with Gasteiger partial charge in [0.25, 0.3) is 0 Å². The van der Waals surface area contributed by atoms with Gasteiger partial charge < -0.3 is 19.8 Å². The molecule has 1 fully saturated rings. The van der Waals surface area contributed by atoms with Crippen molar-refractivity contribution in [3.63, 3.8) is 0 Å². The topological polar surface area (TPSA) is 71.7 Å². The van der Waals surface area contributed by atoms with Gasteiger partial charge in [-0.05, 0) is 45.6 Å². The van der Waals surface area contributed by atoms with Gasteiger partial charge in [0.1, 0.15) is 17.1 Å². The maximum absolute atomic E-state index is 6.45. The van der Waals surface area contributed by atoms with E-state index in [2.05, 4.69) is 38.8 Å². The molecule has 0 saturated heterocycles. The number of hydrogen-bond donors (Lipinski definition) is 2. The zero-order valence-electron chi connectivity index (χ0n) is 16.3. The molecule has 2 N–H and O–H groups in total. The lowest BCUT2D eigenvalue weighted by Gasteiger charge is -2.40. The van der Waals surface area contributed by atoms with Crippen LogP contribution in [0.25, 0.3) is 0 Å². The summed E-state index contributed by atoms with van der Waals surface area (Å²) in [6.45, 7) is 4.39. The Morgan fingerprint density at radius 3 is 2.74 bits per heavy atom. The van der Waals surface area contributed by atoms with Crippen LogP contribution >= 0.6 is 0 Å². The number of nitrogens with one attached hydrogen (secondary N) is 2. The molecule has 0 radical (unpaired) electrons. The van der Waals surface area contributed by atoms with Crippen molar-refractivity contribution in [3.8, 4) is 5.75 Å². The van der Waals surface area contributed by atoms with E-state index in [-0.39, 0.29) is 11.6 Å². The molecule has 1 spiro atoms. The van der Waals surface area contributed by atoms with Gasteiger partial charge >= 0.3 is 0 Å². The van der Waals surface area contributed by atoms with E-state index in [1.807, 2.05) is 19.9 Å². The summed E-state index contributed by atoms with van der Waals surface area (Å²) in [5.41, 5.74) is 2.08. The highest BCUT2D eigenvalue weighted by Crippen LogP contribution is 2.46. The van der Waals surface area contributed by atoms with Crippen LogP contribution in [-0.2, 0) is 6.54 Å². The fraction of sp³-hybridized carbons (Fsp3) is 0.524. The van der Waals surface area contributed by atoms with E-state index in [4.69, 9.17) is 9.15 Å². The second-order valence-corrected chi connectivity index (χ2v) is 7.61. The zero-order chi connectivity index (χ0) is 18.9. The number of aryl methyl sites for hydroxylation is 2. The van der Waals surface area contributed by atoms with Crippen molar-refractivity contribution in [2.45, 2.75) is 64.1 Å². The molecule has 1 aliphatic carbocycles. The first kappa shape index (κ1) is 17.9. The Morgan fingerprint density at radius 2 is 2.04 bits per heavy atom. The summed E-state index contributed by atoms with van der Waals surface area (Å²) in [4.78, 5) is 8.82. The van der Waals surface area contributed by atoms with Crippen molar-refractivity contribution in [1.82, 2.24) is 15.6 Å². The van der Waals surface area contributed by atoms with Crippen molar-refractivity contribution in [2.75, 3.05) is 7.05 Å². The number of fused-ring (bicyclic) bond motifs is 1. The normalized spacial score (nSPS) is 21.0. The summed E-state index contributed by atoms with van der Waals surface area (Å²) >= 11 is 0. The van der Waals surface area contributed by atoms with E-state index in [0.29, 0.717) is 12.4 Å². The molecule has 144 valence electrons. The smallest absolute Gasteiger partial charge is 0.214 e. The van der Waals surface area contributed by atoms with Crippen LogP contribution in [0.5, 0.6) is 5.75 Å². The van der Waals surface area contributed by atoms with Crippen molar-refractivity contribution >= 4 is 5.96 Å². The van der Waals surface area contributed by atoms with E-state index in [0.717, 1.165) is 42.4 Å². The molecule has 0 bridgehead atoms. The molecule has 1 aliphatic heterocycles. The largest absolute Gasteiger partial charge is 0.487 e. The number of para-hydroxylation sites is 1. The fourth-order valence-corrected chi connectivity index (χ4v) is 4.21. The first-order valence-electron chi connectivity index (χ1n) is 9.77. The number of benzene rings is 1. The summed E-state index contributed by atoms with van der Waals surface area (Å²) in [5, 5.41) is 6.92. The van der Waals surface area contributed by atoms with Crippen LogP contribution in [0.2, 0.25) is 0 Å². The second kappa shape index (κ2) is 7.25. The first-order chi connectivity index (χ1) is 13.1. The molecule has 6 nitrogen and oxygen atoms in total. The van der Waals surface area contributed by atoms with Gasteiger partial charge in [-0.3, -0.25) is 4.99 Å². The average molecular weight is 368 g/mol. The van der Waals surface area contributed by atoms with E-state index < -0.39 is 0 Å². The molecule has 1 aromatic carbocycles. The van der Waals surface area contributed by atoms with Gasteiger partial charge in [0.05, 0.1) is 18.3 Å². The van der Waals surface area contributed by atoms with Gasteiger partial charge in [0.2, 0.25) is 5.89 Å². The third kappa shape index (κ3) is 3.66. The van der Waals surface area contributed by atoms with Crippen molar-refractivity contribution < 1.29 is 9.15 Å². The summed E-state index contributed by atoms with van der Waals surface area (Å²) in [7, 11) is 1.79. The number of ether oxygens (including phenoxy) is 1. The Kier molecular flexibility index (Phi) is 4.81. The van der Waals surface area contributed by atoms with Crippen LogP contribution in [0.15, 0.2) is 33.7 Å². The van der Waals surface area contributed by atoms with Crippen LogP contribution in [-0.4, -0.2) is 23.6 Å². The maximum Gasteiger partial charge on any atom is 0.214 e. The standard InChI is InChI=1S/C21H28N4O2/c1-14-15(2)26-19(24-14)13-23-20(22-3)25-17-12-21(10-6-7-11-21)27-18-9-5-4-8-16(17)18/h4-5,8-9,17H,6-7,10-13H2,1-3H3,(H2,22,23,25). The molecule has 0 amide bonds. The van der Waals surface area contributed by atoms with Gasteiger partial charge in [-0.1, -0.05) is 18.2 Å². The predicted octanol–water partition coefficient (Wildman–Crippen LogP) is 3.79. The molecule has 27 heavy (non-hydrogen) atoms. The highest BCUT2D eigenvalue weighted by Gasteiger charge is 2.43. The molecule has 1 aromatic heterocycles. The number of hydrogen-bond acceptors (Lipinski definition) is 4. The third-order valence-electron chi connectivity index (χ3n) is 5.73. The second-order valence-electron chi connectivity index (χ2n) is 7.61. The number of rotatable bonds is 3. The van der Waals surface area contributed by atoms with Gasteiger partial charge in [-0.15, -0.1) is 0 Å². The van der Waals surface area contributed by atoms with Crippen molar-refractivity contribution in [1.29, 1.82) is 0 Å². The van der Waals surface area contributed by atoms with E-state index in [9.17, 15) is 0 Å². The highest BCUT2D eigenvalue weighted by molar-refractivity contribution is 5.80. The SMILES string of the molecule is CN=C(NCc1nc(C)c(C)o1)NC1CC2(CCCC2)Oc2ccccc21. The van der Waals surface area contributed by atoms with Crippen LogP contribution < -0.4 is 15.4 Å². The predicted molar refractivity (Wildman–Crippen MR) is 105 cm³/mol. The van der Waals surface area contributed by atoms with Gasteiger partial charge in [0, 0.05) is 19.0 Å². The van der Waals surface area contributed by atoms with Crippen LogP contribution in [0.1, 0.15) is 61.1 Å². The molecule has 2 aliphatic rings. The highest BCUT2D eigenvalue weighted by atomic mass is 16.5. The van der Waals surface area contributed by atoms with Gasteiger partial charge in [-0.25, -0.2) is 4.98 Å². The summed E-state index contributed by atoms with van der Waals surface area (Å²) in [6.07, 6.45) is 5.69. The minimum Gasteiger partial charge on any atom is -0.487 e. The third-order valence-corrected chi connectivity index (χ3v) is 5.73. The quantitative estimate of drug-likeness (QED) is 0.637. The molecule has 1 unspecified atom stereocenters. The molecule has 1 saturated carbocycles. The van der Waals surface area contributed by atoms with E-state index in [1.54, 1.807) is 7.05 Å². The Morgan fingerprint density at radius 1 is 1.26 bits per heavy atom. The minimum atomic E-state index is -0.0400. The lowest BCUT2D eigenvalue weighted by atomic mass is 9.86.